The summed E-state index contributed by atoms with van der Waals surface area (Å²) in [5.41, 5.74) is 2.77. The van der Waals surface area contributed by atoms with Crippen LogP contribution in [-0.4, -0.2) is 19.4 Å². The lowest BCUT2D eigenvalue weighted by atomic mass is 10.2. The normalized spacial score (nSPS) is 12.8. The van der Waals surface area contributed by atoms with Gasteiger partial charge in [0.2, 0.25) is 0 Å². The van der Waals surface area contributed by atoms with Crippen LogP contribution >= 0.6 is 11.6 Å². The van der Waals surface area contributed by atoms with Crippen LogP contribution in [0.2, 0.25) is 5.02 Å². The first-order valence-electron chi connectivity index (χ1n) is 6.03. The van der Waals surface area contributed by atoms with Gasteiger partial charge >= 0.3 is 0 Å². The van der Waals surface area contributed by atoms with Gasteiger partial charge in [0, 0.05) is 33.4 Å². The summed E-state index contributed by atoms with van der Waals surface area (Å²) in [5, 5.41) is 8.48. The number of anilines is 1. The standard InChI is InChI=1S/C13H13ClN4OS/c1-7-8(2)16-17-13(7)18-20(19)12-6-15-11-5-9(14)3-4-10(11)12/h3-6,15H,1-2H3,(H2,16,17,18). The molecule has 0 aliphatic carbocycles. The molecule has 0 spiro atoms. The molecule has 0 saturated heterocycles. The van der Waals surface area contributed by atoms with Gasteiger partial charge in [-0.15, -0.1) is 0 Å². The van der Waals surface area contributed by atoms with Crippen molar-refractivity contribution in [1.29, 1.82) is 0 Å². The molecule has 1 atom stereocenters. The molecule has 3 N–H and O–H groups in total. The van der Waals surface area contributed by atoms with Crippen LogP contribution in [0.1, 0.15) is 11.3 Å². The zero-order valence-corrected chi connectivity index (χ0v) is 12.5. The van der Waals surface area contributed by atoms with E-state index < -0.39 is 11.0 Å². The van der Waals surface area contributed by atoms with Crippen molar-refractivity contribution in [2.45, 2.75) is 18.7 Å². The van der Waals surface area contributed by atoms with E-state index in [2.05, 4.69) is 19.9 Å². The van der Waals surface area contributed by atoms with Crippen LogP contribution in [0, 0.1) is 13.8 Å². The van der Waals surface area contributed by atoms with Gasteiger partial charge in [-0.1, -0.05) is 17.7 Å². The van der Waals surface area contributed by atoms with E-state index in [4.69, 9.17) is 11.6 Å². The topological polar surface area (TPSA) is 73.6 Å². The average Bonchev–Trinajstić information content (AvgIpc) is 2.96. The van der Waals surface area contributed by atoms with E-state index >= 15 is 0 Å². The number of aryl methyl sites for hydroxylation is 1. The summed E-state index contributed by atoms with van der Waals surface area (Å²) in [6.07, 6.45) is 1.72. The summed E-state index contributed by atoms with van der Waals surface area (Å²) in [6.45, 7) is 3.84. The number of benzene rings is 1. The fourth-order valence-corrected chi connectivity index (χ4v) is 3.15. The second-order valence-electron chi connectivity index (χ2n) is 4.54. The molecule has 20 heavy (non-hydrogen) atoms. The summed E-state index contributed by atoms with van der Waals surface area (Å²) in [7, 11) is -1.39. The monoisotopic (exact) mass is 308 g/mol. The van der Waals surface area contributed by atoms with Crippen molar-refractivity contribution in [1.82, 2.24) is 15.2 Å². The molecule has 0 bridgehead atoms. The van der Waals surface area contributed by atoms with Gasteiger partial charge < -0.3 is 4.98 Å². The summed E-state index contributed by atoms with van der Waals surface area (Å²) in [4.78, 5) is 3.75. The number of hydrogen-bond donors (Lipinski definition) is 3. The second-order valence-corrected chi connectivity index (χ2v) is 6.15. The fourth-order valence-electron chi connectivity index (χ4n) is 1.95. The van der Waals surface area contributed by atoms with Gasteiger partial charge in [0.25, 0.3) is 0 Å². The Morgan fingerprint density at radius 1 is 1.35 bits per heavy atom. The first-order valence-corrected chi connectivity index (χ1v) is 7.55. The van der Waals surface area contributed by atoms with Crippen LogP contribution in [0.4, 0.5) is 5.82 Å². The first-order chi connectivity index (χ1) is 9.56. The fraction of sp³-hybridized carbons (Fsp3) is 0.154. The van der Waals surface area contributed by atoms with Gasteiger partial charge in [-0.05, 0) is 26.0 Å². The third kappa shape index (κ3) is 2.21. The maximum absolute atomic E-state index is 12.4. The number of H-pyrrole nitrogens is 2. The predicted octanol–water partition coefficient (Wildman–Crippen LogP) is 3.30. The summed E-state index contributed by atoms with van der Waals surface area (Å²) < 4.78 is 15.3. The van der Waals surface area contributed by atoms with E-state index in [0.717, 1.165) is 22.2 Å². The van der Waals surface area contributed by atoms with Crippen LogP contribution in [0.15, 0.2) is 29.3 Å². The first kappa shape index (κ1) is 13.2. The van der Waals surface area contributed by atoms with Crippen molar-refractivity contribution in [3.05, 3.63) is 40.7 Å². The minimum absolute atomic E-state index is 0.601. The van der Waals surface area contributed by atoms with Gasteiger partial charge in [0.1, 0.15) is 0 Å². The number of aromatic nitrogens is 3. The smallest absolute Gasteiger partial charge is 0.162 e. The molecular weight excluding hydrogens is 296 g/mol. The van der Waals surface area contributed by atoms with Gasteiger partial charge in [0.05, 0.1) is 4.90 Å². The second kappa shape index (κ2) is 4.96. The van der Waals surface area contributed by atoms with Gasteiger partial charge in [-0.3, -0.25) is 9.82 Å². The highest BCUT2D eigenvalue weighted by Gasteiger charge is 2.14. The summed E-state index contributed by atoms with van der Waals surface area (Å²) in [5.74, 6) is 0.601. The molecular formula is C13H13ClN4OS. The van der Waals surface area contributed by atoms with Crippen LogP contribution in [-0.2, 0) is 11.0 Å². The van der Waals surface area contributed by atoms with E-state index in [1.165, 1.54) is 0 Å². The molecule has 2 heterocycles. The maximum atomic E-state index is 12.4. The Hall–Kier alpha value is -1.79. The number of aromatic amines is 2. The average molecular weight is 309 g/mol. The van der Waals surface area contributed by atoms with Crippen LogP contribution in [0.5, 0.6) is 0 Å². The zero-order valence-electron chi connectivity index (χ0n) is 11.0. The van der Waals surface area contributed by atoms with Crippen molar-refractivity contribution < 1.29 is 4.21 Å². The highest BCUT2D eigenvalue weighted by molar-refractivity contribution is 7.86. The third-order valence-corrected chi connectivity index (χ3v) is 4.60. The van der Waals surface area contributed by atoms with Crippen molar-refractivity contribution in [2.75, 3.05) is 4.72 Å². The van der Waals surface area contributed by atoms with Crippen molar-refractivity contribution in [2.24, 2.45) is 0 Å². The molecule has 3 aromatic rings. The lowest BCUT2D eigenvalue weighted by Crippen LogP contribution is -2.05. The Labute approximate surface area is 123 Å². The number of nitrogens with one attached hydrogen (secondary N) is 3. The minimum atomic E-state index is -1.39. The number of rotatable bonds is 3. The molecule has 104 valence electrons. The zero-order chi connectivity index (χ0) is 14.3. The van der Waals surface area contributed by atoms with Crippen molar-refractivity contribution in [3.8, 4) is 0 Å². The molecule has 1 aromatic carbocycles. The Morgan fingerprint density at radius 2 is 2.15 bits per heavy atom. The molecule has 0 aliphatic heterocycles. The minimum Gasteiger partial charge on any atom is -0.360 e. The number of hydrogen-bond acceptors (Lipinski definition) is 2. The van der Waals surface area contributed by atoms with Crippen LogP contribution in [0.3, 0.4) is 0 Å². The SMILES string of the molecule is Cc1[nH]nc(NS(=O)c2c[nH]c3cc(Cl)ccc23)c1C. The highest BCUT2D eigenvalue weighted by atomic mass is 35.5. The molecule has 2 aromatic heterocycles. The van der Waals surface area contributed by atoms with Crippen LogP contribution in [0.25, 0.3) is 10.9 Å². The lowest BCUT2D eigenvalue weighted by molar-refractivity contribution is 0.686. The van der Waals surface area contributed by atoms with E-state index in [1.807, 2.05) is 26.0 Å². The molecule has 0 radical (unpaired) electrons. The number of halogens is 1. The highest BCUT2D eigenvalue weighted by Crippen LogP contribution is 2.25. The Balaban J connectivity index is 1.95. The number of fused-ring (bicyclic) bond motifs is 1. The van der Waals surface area contributed by atoms with E-state index in [-0.39, 0.29) is 0 Å². The third-order valence-electron chi connectivity index (χ3n) is 3.25. The summed E-state index contributed by atoms with van der Waals surface area (Å²) in [6, 6.07) is 5.44. The molecule has 0 amide bonds. The van der Waals surface area contributed by atoms with E-state index in [0.29, 0.717) is 15.7 Å². The van der Waals surface area contributed by atoms with Crippen molar-refractivity contribution >= 4 is 39.3 Å². The molecule has 5 nitrogen and oxygen atoms in total. The molecule has 0 saturated carbocycles. The number of nitrogens with zero attached hydrogens (tertiary/aromatic N) is 1. The molecule has 1 unspecified atom stereocenters. The van der Waals surface area contributed by atoms with Gasteiger partial charge in [-0.2, -0.15) is 5.10 Å². The van der Waals surface area contributed by atoms with Gasteiger partial charge in [-0.25, -0.2) is 4.21 Å². The molecule has 0 aliphatic rings. The summed E-state index contributed by atoms with van der Waals surface area (Å²) >= 11 is 5.94. The van der Waals surface area contributed by atoms with Crippen molar-refractivity contribution in [3.63, 3.8) is 0 Å². The molecule has 3 rings (SSSR count). The molecule has 0 fully saturated rings. The maximum Gasteiger partial charge on any atom is 0.162 e. The Bertz CT molecular complexity index is 808. The van der Waals surface area contributed by atoms with E-state index in [1.54, 1.807) is 12.3 Å². The van der Waals surface area contributed by atoms with Crippen LogP contribution < -0.4 is 4.72 Å². The molecule has 7 heteroatoms. The van der Waals surface area contributed by atoms with Gasteiger partial charge in [0.15, 0.2) is 16.8 Å². The quantitative estimate of drug-likeness (QED) is 0.694. The lowest BCUT2D eigenvalue weighted by Gasteiger charge is -2.03. The largest absolute Gasteiger partial charge is 0.360 e. The van der Waals surface area contributed by atoms with E-state index in [9.17, 15) is 4.21 Å². The predicted molar refractivity (Wildman–Crippen MR) is 81.4 cm³/mol. The Morgan fingerprint density at radius 3 is 2.85 bits per heavy atom. The Kier molecular flexibility index (Phi) is 3.27.